The van der Waals surface area contributed by atoms with Crippen LogP contribution >= 0.6 is 11.3 Å². The molecule has 1 unspecified atom stereocenters. The van der Waals surface area contributed by atoms with E-state index in [-0.39, 0.29) is 6.04 Å². The van der Waals surface area contributed by atoms with Crippen LogP contribution in [0, 0.1) is 5.92 Å². The lowest BCUT2D eigenvalue weighted by Gasteiger charge is -2.12. The maximum absolute atomic E-state index is 10.3. The number of aryl methyl sites for hydroxylation is 1. The van der Waals surface area contributed by atoms with Gasteiger partial charge in [0.25, 0.3) is 0 Å². The second-order valence-corrected chi connectivity index (χ2v) is 5.15. The summed E-state index contributed by atoms with van der Waals surface area (Å²) in [6, 6.07) is 4.33. The number of nitrogens with zero attached hydrogens (tertiary/aromatic N) is 1. The molecule has 0 bridgehead atoms. The molecule has 0 amide bonds. The SMILES string of the molecule is CC(C)CC(CCc1cccs1)N=C=O. The Morgan fingerprint density at radius 2 is 2.33 bits per heavy atom. The van der Waals surface area contributed by atoms with E-state index in [1.165, 1.54) is 4.88 Å². The van der Waals surface area contributed by atoms with Crippen molar-refractivity contribution in [3.05, 3.63) is 22.4 Å². The molecule has 0 radical (unpaired) electrons. The first-order valence-electron chi connectivity index (χ1n) is 5.31. The normalized spacial score (nSPS) is 12.5. The molecular weight excluding hydrogens is 206 g/mol. The lowest BCUT2D eigenvalue weighted by Crippen LogP contribution is -2.09. The highest BCUT2D eigenvalue weighted by Gasteiger charge is 2.09. The topological polar surface area (TPSA) is 29.4 Å². The Balaban J connectivity index is 2.41. The van der Waals surface area contributed by atoms with Crippen molar-refractivity contribution in [3.63, 3.8) is 0 Å². The molecule has 15 heavy (non-hydrogen) atoms. The standard InChI is InChI=1S/C12H17NOS/c1-10(2)8-11(13-9-14)5-6-12-4-3-7-15-12/h3-4,7,10-11H,5-6,8H2,1-2H3. The van der Waals surface area contributed by atoms with Crippen LogP contribution in [0.5, 0.6) is 0 Å². The quantitative estimate of drug-likeness (QED) is 0.536. The van der Waals surface area contributed by atoms with Crippen molar-refractivity contribution < 1.29 is 4.79 Å². The van der Waals surface area contributed by atoms with Crippen LogP contribution in [0.3, 0.4) is 0 Å². The summed E-state index contributed by atoms with van der Waals surface area (Å²) in [4.78, 5) is 15.5. The predicted molar refractivity (Wildman–Crippen MR) is 64.0 cm³/mol. The van der Waals surface area contributed by atoms with Crippen LogP contribution in [-0.4, -0.2) is 12.1 Å². The van der Waals surface area contributed by atoms with Crippen LogP contribution in [0.15, 0.2) is 22.5 Å². The zero-order chi connectivity index (χ0) is 11.1. The summed E-state index contributed by atoms with van der Waals surface area (Å²) in [6.45, 7) is 4.30. The van der Waals surface area contributed by atoms with Crippen LogP contribution in [0.4, 0.5) is 0 Å². The highest BCUT2D eigenvalue weighted by Crippen LogP contribution is 2.17. The van der Waals surface area contributed by atoms with E-state index in [2.05, 4.69) is 36.4 Å². The fourth-order valence-electron chi connectivity index (χ4n) is 1.62. The molecule has 0 spiro atoms. The Hall–Kier alpha value is -0.920. The Bertz CT molecular complexity index is 312. The monoisotopic (exact) mass is 223 g/mol. The van der Waals surface area contributed by atoms with Crippen molar-refractivity contribution >= 4 is 17.4 Å². The fraction of sp³-hybridized carbons (Fsp3) is 0.583. The summed E-state index contributed by atoms with van der Waals surface area (Å²) >= 11 is 1.76. The smallest absolute Gasteiger partial charge is 0.211 e. The van der Waals surface area contributed by atoms with Gasteiger partial charge in [-0.1, -0.05) is 19.9 Å². The number of aliphatic imine (C=N–C) groups is 1. The van der Waals surface area contributed by atoms with E-state index >= 15 is 0 Å². The maximum Gasteiger partial charge on any atom is 0.235 e. The molecule has 1 rings (SSSR count). The van der Waals surface area contributed by atoms with Crippen LogP contribution in [0.25, 0.3) is 0 Å². The van der Waals surface area contributed by atoms with Crippen molar-refractivity contribution in [1.82, 2.24) is 0 Å². The minimum Gasteiger partial charge on any atom is -0.211 e. The first-order valence-corrected chi connectivity index (χ1v) is 6.19. The van der Waals surface area contributed by atoms with Gasteiger partial charge in [0.2, 0.25) is 6.08 Å². The third kappa shape index (κ3) is 4.91. The summed E-state index contributed by atoms with van der Waals surface area (Å²) in [6.07, 6.45) is 4.62. The number of isocyanates is 1. The largest absolute Gasteiger partial charge is 0.235 e. The van der Waals surface area contributed by atoms with E-state index in [4.69, 9.17) is 0 Å². The lowest BCUT2D eigenvalue weighted by molar-refractivity contribution is 0.470. The second kappa shape index (κ2) is 6.54. The van der Waals surface area contributed by atoms with Gasteiger partial charge in [-0.3, -0.25) is 0 Å². The Morgan fingerprint density at radius 3 is 2.87 bits per heavy atom. The highest BCUT2D eigenvalue weighted by atomic mass is 32.1. The van der Waals surface area contributed by atoms with Gasteiger partial charge >= 0.3 is 0 Å². The molecule has 1 aromatic heterocycles. The zero-order valence-electron chi connectivity index (χ0n) is 9.27. The molecule has 0 N–H and O–H groups in total. The van der Waals surface area contributed by atoms with E-state index in [9.17, 15) is 4.79 Å². The second-order valence-electron chi connectivity index (χ2n) is 4.12. The molecule has 0 fully saturated rings. The molecule has 3 heteroatoms. The number of thiophene rings is 1. The molecule has 1 aromatic rings. The maximum atomic E-state index is 10.3. The molecular formula is C12H17NOS. The first-order chi connectivity index (χ1) is 7.22. The van der Waals surface area contributed by atoms with Crippen molar-refractivity contribution in [2.75, 3.05) is 0 Å². The van der Waals surface area contributed by atoms with Crippen molar-refractivity contribution in [2.24, 2.45) is 10.9 Å². The molecule has 0 aromatic carbocycles. The van der Waals surface area contributed by atoms with Gasteiger partial charge in [-0.2, -0.15) is 0 Å². The summed E-state index contributed by atoms with van der Waals surface area (Å²) < 4.78 is 0. The third-order valence-corrected chi connectivity index (χ3v) is 3.22. The molecule has 1 atom stereocenters. The number of hydrogen-bond donors (Lipinski definition) is 0. The van der Waals surface area contributed by atoms with E-state index in [1.807, 2.05) is 0 Å². The van der Waals surface area contributed by atoms with Crippen LogP contribution < -0.4 is 0 Å². The average molecular weight is 223 g/mol. The molecule has 0 saturated carbocycles. The minimum atomic E-state index is 0.143. The number of carbonyl (C=O) groups excluding carboxylic acids is 1. The molecule has 2 nitrogen and oxygen atoms in total. The summed E-state index contributed by atoms with van der Waals surface area (Å²) in [5.41, 5.74) is 0. The van der Waals surface area contributed by atoms with Crippen LogP contribution in [0.1, 0.15) is 31.6 Å². The van der Waals surface area contributed by atoms with Gasteiger partial charge in [-0.25, -0.2) is 9.79 Å². The van der Waals surface area contributed by atoms with E-state index in [0.29, 0.717) is 5.92 Å². The summed E-state index contributed by atoms with van der Waals surface area (Å²) in [5.74, 6) is 0.579. The highest BCUT2D eigenvalue weighted by molar-refractivity contribution is 7.09. The van der Waals surface area contributed by atoms with E-state index in [0.717, 1.165) is 19.3 Å². The minimum absolute atomic E-state index is 0.143. The molecule has 1 heterocycles. The number of hydrogen-bond acceptors (Lipinski definition) is 3. The van der Waals surface area contributed by atoms with Crippen molar-refractivity contribution in [2.45, 2.75) is 39.2 Å². The Labute approximate surface area is 95.0 Å². The average Bonchev–Trinajstić information content (AvgIpc) is 2.66. The van der Waals surface area contributed by atoms with Gasteiger partial charge in [-0.05, 0) is 36.6 Å². The van der Waals surface area contributed by atoms with Gasteiger partial charge in [0, 0.05) is 4.88 Å². The van der Waals surface area contributed by atoms with E-state index in [1.54, 1.807) is 17.4 Å². The molecule has 82 valence electrons. The van der Waals surface area contributed by atoms with Crippen molar-refractivity contribution in [1.29, 1.82) is 0 Å². The predicted octanol–water partition coefficient (Wildman–Crippen LogP) is 3.43. The van der Waals surface area contributed by atoms with Gasteiger partial charge in [0.05, 0.1) is 6.04 Å². The van der Waals surface area contributed by atoms with Gasteiger partial charge in [0.15, 0.2) is 0 Å². The van der Waals surface area contributed by atoms with Gasteiger partial charge in [0.1, 0.15) is 0 Å². The third-order valence-electron chi connectivity index (χ3n) is 2.28. The lowest BCUT2D eigenvalue weighted by atomic mass is 10.00. The van der Waals surface area contributed by atoms with Crippen LogP contribution in [0.2, 0.25) is 0 Å². The Kier molecular flexibility index (Phi) is 5.30. The van der Waals surface area contributed by atoms with Crippen LogP contribution in [-0.2, 0) is 11.2 Å². The van der Waals surface area contributed by atoms with E-state index < -0.39 is 0 Å². The summed E-state index contributed by atoms with van der Waals surface area (Å²) in [7, 11) is 0. The summed E-state index contributed by atoms with van der Waals surface area (Å²) in [5, 5.41) is 2.08. The molecule has 0 aliphatic heterocycles. The zero-order valence-corrected chi connectivity index (χ0v) is 10.1. The number of rotatable bonds is 6. The van der Waals surface area contributed by atoms with Crippen molar-refractivity contribution in [3.8, 4) is 0 Å². The van der Waals surface area contributed by atoms with Gasteiger partial charge < -0.3 is 0 Å². The Morgan fingerprint density at radius 1 is 1.53 bits per heavy atom. The molecule has 0 aliphatic carbocycles. The van der Waals surface area contributed by atoms with Gasteiger partial charge in [-0.15, -0.1) is 11.3 Å². The first kappa shape index (κ1) is 12.2. The molecule has 0 aliphatic rings. The molecule has 0 saturated heterocycles. The fourth-order valence-corrected chi connectivity index (χ4v) is 2.34.